The fourth-order valence-electron chi connectivity index (χ4n) is 8.76. The highest BCUT2D eigenvalue weighted by Gasteiger charge is 2.67. The predicted molar refractivity (Wildman–Crippen MR) is 102 cm³/mol. The zero-order chi connectivity index (χ0) is 17.5. The van der Waals surface area contributed by atoms with Crippen LogP contribution in [-0.2, 0) is 4.74 Å². The van der Waals surface area contributed by atoms with Crippen molar-refractivity contribution in [1.29, 1.82) is 0 Å². The number of hydrogen-bond acceptors (Lipinski definition) is 2. The monoisotopic (exact) mass is 345 g/mol. The summed E-state index contributed by atoms with van der Waals surface area (Å²) in [6, 6.07) is 0. The van der Waals surface area contributed by atoms with Gasteiger partial charge in [-0.25, -0.2) is 0 Å². The van der Waals surface area contributed by atoms with Crippen LogP contribution in [0.5, 0.6) is 0 Å². The zero-order valence-electron chi connectivity index (χ0n) is 17.0. The van der Waals surface area contributed by atoms with E-state index in [2.05, 4.69) is 33.0 Å². The Kier molecular flexibility index (Phi) is 3.58. The molecule has 0 aromatic heterocycles. The van der Waals surface area contributed by atoms with E-state index < -0.39 is 0 Å². The molecule has 7 atom stereocenters. The molecule has 0 aromatic carbocycles. The van der Waals surface area contributed by atoms with Gasteiger partial charge in [0.2, 0.25) is 0 Å². The molecule has 5 fully saturated rings. The lowest BCUT2D eigenvalue weighted by atomic mass is 9.44. The Balaban J connectivity index is 1.46. The van der Waals surface area contributed by atoms with Gasteiger partial charge in [-0.15, -0.1) is 0 Å². The van der Waals surface area contributed by atoms with Crippen LogP contribution in [0.1, 0.15) is 91.9 Å². The van der Waals surface area contributed by atoms with E-state index in [1.54, 1.807) is 0 Å². The van der Waals surface area contributed by atoms with E-state index in [9.17, 15) is 0 Å². The average Bonchev–Trinajstić information content (AvgIpc) is 3.04. The Morgan fingerprint density at radius 1 is 0.800 bits per heavy atom. The Morgan fingerprint density at radius 2 is 1.60 bits per heavy atom. The molecule has 1 aliphatic heterocycles. The van der Waals surface area contributed by atoms with Gasteiger partial charge in [-0.05, 0) is 94.3 Å². The summed E-state index contributed by atoms with van der Waals surface area (Å²) in [6.07, 6.45) is 14.6. The summed E-state index contributed by atoms with van der Waals surface area (Å²) in [7, 11) is 0. The van der Waals surface area contributed by atoms with E-state index in [1.807, 2.05) is 0 Å². The van der Waals surface area contributed by atoms with Gasteiger partial charge in [-0.1, -0.05) is 26.7 Å². The van der Waals surface area contributed by atoms with Crippen molar-refractivity contribution in [3.63, 3.8) is 0 Å². The van der Waals surface area contributed by atoms with Crippen LogP contribution in [0.3, 0.4) is 0 Å². The number of rotatable bonds is 0. The van der Waals surface area contributed by atoms with Crippen LogP contribution in [0.4, 0.5) is 0 Å². The van der Waals surface area contributed by atoms with E-state index >= 15 is 0 Å². The average molecular weight is 346 g/mol. The van der Waals surface area contributed by atoms with Gasteiger partial charge in [-0.2, -0.15) is 0 Å². The molecular formula is C23H39NO. The Labute approximate surface area is 154 Å². The minimum Gasteiger partial charge on any atom is -0.353 e. The van der Waals surface area contributed by atoms with Crippen molar-refractivity contribution in [3.05, 3.63) is 0 Å². The first-order valence-electron chi connectivity index (χ1n) is 11.2. The van der Waals surface area contributed by atoms with Gasteiger partial charge in [0.05, 0.1) is 5.60 Å². The fourth-order valence-corrected chi connectivity index (χ4v) is 8.76. The van der Waals surface area contributed by atoms with Crippen molar-refractivity contribution in [1.82, 2.24) is 5.32 Å². The van der Waals surface area contributed by atoms with Crippen molar-refractivity contribution in [3.8, 4) is 0 Å². The van der Waals surface area contributed by atoms with Crippen molar-refractivity contribution >= 4 is 0 Å². The van der Waals surface area contributed by atoms with Crippen LogP contribution in [0.25, 0.3) is 0 Å². The van der Waals surface area contributed by atoms with Crippen molar-refractivity contribution in [2.45, 2.75) is 103 Å². The lowest BCUT2D eigenvalue weighted by Gasteiger charge is -2.61. The third kappa shape index (κ3) is 2.16. The molecule has 5 rings (SSSR count). The molecule has 1 N–H and O–H groups in total. The largest absolute Gasteiger partial charge is 0.353 e. The number of fused-ring (bicyclic) bond motifs is 6. The molecule has 0 amide bonds. The van der Waals surface area contributed by atoms with E-state index in [-0.39, 0.29) is 11.3 Å². The van der Waals surface area contributed by atoms with E-state index in [0.717, 1.165) is 30.2 Å². The molecule has 25 heavy (non-hydrogen) atoms. The Morgan fingerprint density at radius 3 is 2.36 bits per heavy atom. The molecular weight excluding hydrogens is 306 g/mol. The SMILES string of the molecule is CC1(C)NC[C@]2(CC[C@H]3[C@H]4CC[C@H]5CCCC[C@]5(C)[C@@H]4CC[C@@]32C)O1. The second kappa shape index (κ2) is 5.25. The summed E-state index contributed by atoms with van der Waals surface area (Å²) in [6.45, 7) is 10.8. The van der Waals surface area contributed by atoms with Gasteiger partial charge >= 0.3 is 0 Å². The summed E-state index contributed by atoms with van der Waals surface area (Å²) in [5.74, 6) is 3.92. The summed E-state index contributed by atoms with van der Waals surface area (Å²) in [5.41, 5.74) is 1.03. The molecule has 1 saturated heterocycles. The minimum atomic E-state index is -0.137. The third-order valence-electron chi connectivity index (χ3n) is 10.1. The lowest BCUT2D eigenvalue weighted by molar-refractivity contribution is -0.180. The van der Waals surface area contributed by atoms with Gasteiger partial charge in [0, 0.05) is 12.0 Å². The lowest BCUT2D eigenvalue weighted by Crippen LogP contribution is -2.57. The molecule has 0 bridgehead atoms. The second-order valence-corrected chi connectivity index (χ2v) is 11.4. The molecule has 4 saturated carbocycles. The molecule has 0 unspecified atom stereocenters. The van der Waals surface area contributed by atoms with Gasteiger partial charge in [0.1, 0.15) is 5.72 Å². The summed E-state index contributed by atoms with van der Waals surface area (Å²) in [5, 5.41) is 3.69. The highest BCUT2D eigenvalue weighted by Crippen LogP contribution is 2.69. The molecule has 4 aliphatic carbocycles. The Bertz CT molecular complexity index is 558. The molecule has 142 valence electrons. The maximum atomic E-state index is 6.77. The number of ether oxygens (including phenoxy) is 1. The molecule has 2 nitrogen and oxygen atoms in total. The molecule has 2 heteroatoms. The van der Waals surface area contributed by atoms with Crippen molar-refractivity contribution in [2.24, 2.45) is 34.5 Å². The molecule has 1 spiro atoms. The van der Waals surface area contributed by atoms with Crippen LogP contribution in [0, 0.1) is 34.5 Å². The topological polar surface area (TPSA) is 21.3 Å². The second-order valence-electron chi connectivity index (χ2n) is 11.4. The van der Waals surface area contributed by atoms with Crippen LogP contribution in [0.2, 0.25) is 0 Å². The highest BCUT2D eigenvalue weighted by atomic mass is 16.6. The van der Waals surface area contributed by atoms with Gasteiger partial charge in [0.25, 0.3) is 0 Å². The first-order valence-corrected chi connectivity index (χ1v) is 11.2. The quantitative estimate of drug-likeness (QED) is 0.624. The predicted octanol–water partition coefficient (Wildman–Crippen LogP) is 5.51. The number of hydrogen-bond donors (Lipinski definition) is 1. The van der Waals surface area contributed by atoms with E-state index in [0.29, 0.717) is 10.8 Å². The standard InChI is InChI=1S/C23H39NO/c1-20(2)24-15-23(25-20)14-11-19-17-9-8-16-7-5-6-12-21(16,3)18(17)10-13-22(19,23)4/h16-19,24H,5-15H2,1-4H3/t16-,17+,18-,19+,21+,22+,23+/m1/s1. The molecule has 0 aromatic rings. The van der Waals surface area contributed by atoms with E-state index in [4.69, 9.17) is 4.74 Å². The Hall–Kier alpha value is -0.0800. The van der Waals surface area contributed by atoms with Gasteiger partial charge in [0.15, 0.2) is 0 Å². The minimum absolute atomic E-state index is 0.108. The first-order chi connectivity index (χ1) is 11.8. The molecule has 0 radical (unpaired) electrons. The normalized spacial score (nSPS) is 57.1. The van der Waals surface area contributed by atoms with Crippen LogP contribution >= 0.6 is 0 Å². The first kappa shape index (κ1) is 17.0. The molecule has 5 aliphatic rings. The van der Waals surface area contributed by atoms with Crippen molar-refractivity contribution in [2.75, 3.05) is 6.54 Å². The zero-order valence-corrected chi connectivity index (χ0v) is 17.0. The smallest absolute Gasteiger partial charge is 0.114 e. The van der Waals surface area contributed by atoms with Crippen LogP contribution < -0.4 is 5.32 Å². The van der Waals surface area contributed by atoms with Crippen LogP contribution in [-0.4, -0.2) is 17.9 Å². The maximum absolute atomic E-state index is 6.77. The van der Waals surface area contributed by atoms with Crippen LogP contribution in [0.15, 0.2) is 0 Å². The van der Waals surface area contributed by atoms with E-state index in [1.165, 1.54) is 64.2 Å². The fraction of sp³-hybridized carbons (Fsp3) is 1.00. The number of nitrogens with one attached hydrogen (secondary N) is 1. The third-order valence-corrected chi connectivity index (χ3v) is 10.1. The summed E-state index contributed by atoms with van der Waals surface area (Å²) >= 11 is 0. The summed E-state index contributed by atoms with van der Waals surface area (Å²) < 4.78 is 6.77. The van der Waals surface area contributed by atoms with Gasteiger partial charge < -0.3 is 4.74 Å². The highest BCUT2D eigenvalue weighted by molar-refractivity contribution is 5.17. The van der Waals surface area contributed by atoms with Gasteiger partial charge in [-0.3, -0.25) is 5.32 Å². The summed E-state index contributed by atoms with van der Waals surface area (Å²) in [4.78, 5) is 0. The molecule has 1 heterocycles. The maximum Gasteiger partial charge on any atom is 0.114 e. The van der Waals surface area contributed by atoms with Crippen molar-refractivity contribution < 1.29 is 4.74 Å².